The van der Waals surface area contributed by atoms with Gasteiger partial charge in [-0.1, -0.05) is 22.0 Å². The number of halogens is 1. The fraction of sp³-hybridized carbons (Fsp3) is 0.167. The molecule has 1 atom stereocenters. The highest BCUT2D eigenvalue weighted by Gasteiger charge is 2.11. The number of rotatable bonds is 2. The smallest absolute Gasteiger partial charge is 0.115 e. The van der Waals surface area contributed by atoms with Gasteiger partial charge >= 0.3 is 0 Å². The van der Waals surface area contributed by atoms with E-state index in [1.807, 2.05) is 19.1 Å². The fourth-order valence-electron chi connectivity index (χ4n) is 1.64. The molecule has 0 radical (unpaired) electrons. The number of hydrogen-bond donors (Lipinski definition) is 1. The number of nitrogens with zero attached hydrogens (tertiary/aromatic N) is 2. The summed E-state index contributed by atoms with van der Waals surface area (Å²) < 4.78 is 1.06. The van der Waals surface area contributed by atoms with Gasteiger partial charge in [0.25, 0.3) is 0 Å². The van der Waals surface area contributed by atoms with Crippen LogP contribution in [0.3, 0.4) is 0 Å². The molecule has 0 saturated carbocycles. The molecule has 82 valence electrons. The van der Waals surface area contributed by atoms with E-state index in [1.54, 1.807) is 12.4 Å². The molecule has 2 rings (SSSR count). The van der Waals surface area contributed by atoms with Crippen LogP contribution in [0, 0.1) is 6.92 Å². The maximum atomic E-state index is 6.17. The van der Waals surface area contributed by atoms with Gasteiger partial charge in [-0.2, -0.15) is 0 Å². The van der Waals surface area contributed by atoms with Crippen molar-refractivity contribution in [3.63, 3.8) is 0 Å². The van der Waals surface area contributed by atoms with E-state index in [0.717, 1.165) is 21.2 Å². The van der Waals surface area contributed by atoms with Crippen LogP contribution < -0.4 is 5.73 Å². The normalized spacial score (nSPS) is 12.4. The second kappa shape index (κ2) is 4.72. The van der Waals surface area contributed by atoms with Crippen LogP contribution in [-0.2, 0) is 0 Å². The quantitative estimate of drug-likeness (QED) is 0.918. The summed E-state index contributed by atoms with van der Waals surface area (Å²) in [6, 6.07) is 5.90. The number of aryl methyl sites for hydroxylation is 1. The molecular weight excluding hydrogens is 266 g/mol. The average molecular weight is 278 g/mol. The van der Waals surface area contributed by atoms with Crippen LogP contribution in [0.1, 0.15) is 22.7 Å². The van der Waals surface area contributed by atoms with Crippen molar-refractivity contribution in [3.05, 3.63) is 58.1 Å². The summed E-state index contributed by atoms with van der Waals surface area (Å²) in [6.45, 7) is 2.05. The van der Waals surface area contributed by atoms with Crippen molar-refractivity contribution in [1.29, 1.82) is 0 Å². The van der Waals surface area contributed by atoms with Crippen molar-refractivity contribution in [1.82, 2.24) is 9.97 Å². The highest BCUT2D eigenvalue weighted by Crippen LogP contribution is 2.24. The molecule has 0 amide bonds. The molecule has 1 aromatic carbocycles. The zero-order chi connectivity index (χ0) is 11.5. The Morgan fingerprint density at radius 1 is 1.25 bits per heavy atom. The minimum atomic E-state index is -0.172. The Morgan fingerprint density at radius 2 is 1.94 bits per heavy atom. The zero-order valence-corrected chi connectivity index (χ0v) is 10.5. The molecule has 16 heavy (non-hydrogen) atoms. The van der Waals surface area contributed by atoms with Crippen molar-refractivity contribution in [2.45, 2.75) is 13.0 Å². The summed E-state index contributed by atoms with van der Waals surface area (Å²) in [5, 5.41) is 0. The number of hydrogen-bond acceptors (Lipinski definition) is 3. The van der Waals surface area contributed by atoms with Crippen LogP contribution in [0.4, 0.5) is 0 Å². The second-order valence-corrected chi connectivity index (χ2v) is 4.57. The molecule has 2 N–H and O–H groups in total. The van der Waals surface area contributed by atoms with Gasteiger partial charge in [0, 0.05) is 22.4 Å². The summed E-state index contributed by atoms with van der Waals surface area (Å²) in [7, 11) is 0. The molecule has 1 aromatic heterocycles. The molecule has 0 aliphatic rings. The van der Waals surface area contributed by atoms with Crippen molar-refractivity contribution in [3.8, 4) is 0 Å². The first-order valence-corrected chi connectivity index (χ1v) is 5.74. The largest absolute Gasteiger partial charge is 0.320 e. The zero-order valence-electron chi connectivity index (χ0n) is 8.89. The Balaban J connectivity index is 2.38. The number of benzene rings is 1. The van der Waals surface area contributed by atoms with Gasteiger partial charge < -0.3 is 5.73 Å². The minimum Gasteiger partial charge on any atom is -0.320 e. The van der Waals surface area contributed by atoms with Crippen LogP contribution in [0.15, 0.2) is 41.4 Å². The van der Waals surface area contributed by atoms with Gasteiger partial charge in [-0.3, -0.25) is 0 Å². The van der Waals surface area contributed by atoms with E-state index < -0.39 is 0 Å². The number of nitrogens with two attached hydrogens (primary N) is 1. The Kier molecular flexibility index (Phi) is 3.31. The predicted octanol–water partition coefficient (Wildman–Crippen LogP) is 2.60. The van der Waals surface area contributed by atoms with Crippen LogP contribution in [-0.4, -0.2) is 9.97 Å². The summed E-state index contributed by atoms with van der Waals surface area (Å²) in [5.74, 6) is 0. The van der Waals surface area contributed by atoms with E-state index in [0.29, 0.717) is 0 Å². The first kappa shape index (κ1) is 11.2. The van der Waals surface area contributed by atoms with Gasteiger partial charge in [-0.15, -0.1) is 0 Å². The van der Waals surface area contributed by atoms with E-state index in [1.165, 1.54) is 6.33 Å². The highest BCUT2D eigenvalue weighted by molar-refractivity contribution is 9.10. The van der Waals surface area contributed by atoms with Gasteiger partial charge in [0.05, 0.1) is 6.04 Å². The Morgan fingerprint density at radius 3 is 2.56 bits per heavy atom. The Bertz CT molecular complexity index is 485. The average Bonchev–Trinajstić information content (AvgIpc) is 2.29. The molecule has 3 nitrogen and oxygen atoms in total. The van der Waals surface area contributed by atoms with Crippen LogP contribution >= 0.6 is 15.9 Å². The molecule has 0 bridgehead atoms. The van der Waals surface area contributed by atoms with Crippen LogP contribution in [0.2, 0.25) is 0 Å². The summed E-state index contributed by atoms with van der Waals surface area (Å²) in [5.41, 5.74) is 9.35. The van der Waals surface area contributed by atoms with Gasteiger partial charge in [0.15, 0.2) is 0 Å². The van der Waals surface area contributed by atoms with Crippen LogP contribution in [0.5, 0.6) is 0 Å². The standard InChI is InChI=1S/C12H12BrN3/c1-8-4-10(13)2-3-11(8)12(14)9-5-15-7-16-6-9/h2-7,12H,14H2,1H3. The first-order valence-electron chi connectivity index (χ1n) is 4.95. The van der Waals surface area contributed by atoms with Gasteiger partial charge in [0.2, 0.25) is 0 Å². The summed E-state index contributed by atoms with van der Waals surface area (Å²) in [4.78, 5) is 7.96. The lowest BCUT2D eigenvalue weighted by molar-refractivity contribution is 0.842. The van der Waals surface area contributed by atoms with E-state index >= 15 is 0 Å². The van der Waals surface area contributed by atoms with Crippen molar-refractivity contribution >= 4 is 15.9 Å². The maximum absolute atomic E-state index is 6.17. The van der Waals surface area contributed by atoms with Crippen molar-refractivity contribution in [2.75, 3.05) is 0 Å². The summed E-state index contributed by atoms with van der Waals surface area (Å²) in [6.07, 6.45) is 5.00. The molecule has 2 aromatic rings. The third kappa shape index (κ3) is 2.28. The lowest BCUT2D eigenvalue weighted by Crippen LogP contribution is -2.13. The van der Waals surface area contributed by atoms with Gasteiger partial charge in [-0.05, 0) is 30.2 Å². The maximum Gasteiger partial charge on any atom is 0.115 e. The molecule has 0 spiro atoms. The third-order valence-corrected chi connectivity index (χ3v) is 3.00. The van der Waals surface area contributed by atoms with E-state index in [4.69, 9.17) is 5.73 Å². The monoisotopic (exact) mass is 277 g/mol. The lowest BCUT2D eigenvalue weighted by Gasteiger charge is -2.14. The predicted molar refractivity (Wildman–Crippen MR) is 66.9 cm³/mol. The summed E-state index contributed by atoms with van der Waals surface area (Å²) >= 11 is 3.44. The molecule has 0 aliphatic carbocycles. The molecular formula is C12H12BrN3. The molecule has 1 heterocycles. The molecule has 1 unspecified atom stereocenters. The SMILES string of the molecule is Cc1cc(Br)ccc1C(N)c1cncnc1. The Hall–Kier alpha value is -1.26. The fourth-order valence-corrected chi connectivity index (χ4v) is 2.11. The van der Waals surface area contributed by atoms with Crippen molar-refractivity contribution in [2.24, 2.45) is 5.73 Å². The topological polar surface area (TPSA) is 51.8 Å². The van der Waals surface area contributed by atoms with E-state index in [9.17, 15) is 0 Å². The van der Waals surface area contributed by atoms with E-state index in [-0.39, 0.29) is 6.04 Å². The number of aromatic nitrogens is 2. The van der Waals surface area contributed by atoms with Gasteiger partial charge in [-0.25, -0.2) is 9.97 Å². The Labute approximate surface area is 103 Å². The lowest BCUT2D eigenvalue weighted by atomic mass is 9.98. The molecule has 0 aliphatic heterocycles. The highest BCUT2D eigenvalue weighted by atomic mass is 79.9. The molecule has 0 fully saturated rings. The first-order chi connectivity index (χ1) is 7.68. The molecule has 0 saturated heterocycles. The van der Waals surface area contributed by atoms with Gasteiger partial charge in [0.1, 0.15) is 6.33 Å². The van der Waals surface area contributed by atoms with Crippen LogP contribution in [0.25, 0.3) is 0 Å². The van der Waals surface area contributed by atoms with E-state index in [2.05, 4.69) is 32.0 Å². The van der Waals surface area contributed by atoms with Crippen molar-refractivity contribution < 1.29 is 0 Å². The third-order valence-electron chi connectivity index (χ3n) is 2.51. The minimum absolute atomic E-state index is 0.172. The second-order valence-electron chi connectivity index (χ2n) is 3.65. The molecule has 4 heteroatoms.